The molecule has 0 radical (unpaired) electrons. The van der Waals surface area contributed by atoms with Crippen molar-refractivity contribution >= 4 is 17.9 Å². The van der Waals surface area contributed by atoms with E-state index in [0.29, 0.717) is 28.3 Å². The van der Waals surface area contributed by atoms with Crippen LogP contribution in [-0.2, 0) is 21.3 Å². The summed E-state index contributed by atoms with van der Waals surface area (Å²) in [6.45, 7) is 1.75. The number of aryl methyl sites for hydroxylation is 1. The highest BCUT2D eigenvalue weighted by molar-refractivity contribution is 5.97. The number of carbonyl (C=O) groups is 3. The maximum Gasteiger partial charge on any atom is 0.337 e. The van der Waals surface area contributed by atoms with Crippen LogP contribution in [0.4, 0.5) is 0 Å². The molecule has 0 bridgehead atoms. The minimum atomic E-state index is -0.641. The van der Waals surface area contributed by atoms with Gasteiger partial charge in [-0.15, -0.1) is 0 Å². The van der Waals surface area contributed by atoms with Gasteiger partial charge in [0.1, 0.15) is 17.3 Å². The van der Waals surface area contributed by atoms with Crippen molar-refractivity contribution in [1.29, 1.82) is 0 Å². The highest BCUT2D eigenvalue weighted by atomic mass is 16.5. The summed E-state index contributed by atoms with van der Waals surface area (Å²) in [5, 5.41) is 0. The topological polar surface area (TPSA) is 114 Å². The molecule has 1 aliphatic rings. The molecule has 3 aromatic rings. The van der Waals surface area contributed by atoms with E-state index in [4.69, 9.17) is 18.6 Å². The zero-order valence-electron chi connectivity index (χ0n) is 18.5. The molecule has 0 spiro atoms. The molecule has 0 saturated heterocycles. The van der Waals surface area contributed by atoms with E-state index < -0.39 is 23.8 Å². The molecule has 9 heteroatoms. The number of esters is 3. The van der Waals surface area contributed by atoms with Gasteiger partial charge < -0.3 is 23.2 Å². The highest BCUT2D eigenvalue weighted by Crippen LogP contribution is 2.39. The monoisotopic (exact) mass is 451 g/mol. The fraction of sp³-hybridized carbons (Fsp3) is 0.250. The van der Waals surface area contributed by atoms with E-state index in [1.54, 1.807) is 32.2 Å². The van der Waals surface area contributed by atoms with Crippen LogP contribution in [0, 0.1) is 6.92 Å². The van der Waals surface area contributed by atoms with Crippen LogP contribution < -0.4 is 10.3 Å². The lowest BCUT2D eigenvalue weighted by Gasteiger charge is -2.23. The van der Waals surface area contributed by atoms with Gasteiger partial charge in [0.25, 0.3) is 5.56 Å². The van der Waals surface area contributed by atoms with Gasteiger partial charge in [-0.3, -0.25) is 9.59 Å². The van der Waals surface area contributed by atoms with E-state index in [0.717, 1.165) is 0 Å². The molecule has 0 N–H and O–H groups in total. The lowest BCUT2D eigenvalue weighted by atomic mass is 9.91. The quantitative estimate of drug-likeness (QED) is 0.556. The first-order valence-corrected chi connectivity index (χ1v) is 10.1. The van der Waals surface area contributed by atoms with Crippen LogP contribution in [0.3, 0.4) is 0 Å². The molecule has 9 nitrogen and oxygen atoms in total. The largest absolute Gasteiger partial charge is 0.465 e. The van der Waals surface area contributed by atoms with Crippen molar-refractivity contribution in [2.75, 3.05) is 14.2 Å². The average molecular weight is 451 g/mol. The second-order valence-corrected chi connectivity index (χ2v) is 7.64. The van der Waals surface area contributed by atoms with Gasteiger partial charge in [-0.25, -0.2) is 9.59 Å². The number of ether oxygens (including phenoxy) is 3. The number of benzene rings is 1. The second-order valence-electron chi connectivity index (χ2n) is 7.64. The number of rotatable bonds is 4. The molecule has 0 fully saturated rings. The van der Waals surface area contributed by atoms with Crippen LogP contribution in [0.25, 0.3) is 11.3 Å². The maximum absolute atomic E-state index is 12.9. The van der Waals surface area contributed by atoms with Crippen molar-refractivity contribution in [3.05, 3.63) is 74.9 Å². The van der Waals surface area contributed by atoms with Crippen LogP contribution >= 0.6 is 0 Å². The molecule has 170 valence electrons. The van der Waals surface area contributed by atoms with Crippen LogP contribution in [0.1, 0.15) is 50.1 Å². The third-order valence-electron chi connectivity index (χ3n) is 5.64. The Kier molecular flexibility index (Phi) is 5.63. The SMILES string of the molecule is COC(=O)c1cc(C(=O)OC)cc(-c2ccc([C@H]3CC(=O)Oc4cc(C)n(C)c(=O)c43)o2)c1. The molecule has 0 amide bonds. The molecule has 0 saturated carbocycles. The first-order chi connectivity index (χ1) is 15.7. The number of fused-ring (bicyclic) bond motifs is 1. The minimum absolute atomic E-state index is 0.0616. The summed E-state index contributed by atoms with van der Waals surface area (Å²) in [4.78, 5) is 49.3. The van der Waals surface area contributed by atoms with Gasteiger partial charge in [-0.1, -0.05) is 0 Å². The van der Waals surface area contributed by atoms with Crippen molar-refractivity contribution in [1.82, 2.24) is 4.57 Å². The maximum atomic E-state index is 12.9. The Hall–Kier alpha value is -4.14. The van der Waals surface area contributed by atoms with Crippen LogP contribution in [-0.4, -0.2) is 36.7 Å². The van der Waals surface area contributed by atoms with Crippen molar-refractivity contribution in [2.24, 2.45) is 7.05 Å². The Labute approximate surface area is 188 Å². The van der Waals surface area contributed by atoms with E-state index in [1.165, 1.54) is 37.0 Å². The number of hydrogen-bond donors (Lipinski definition) is 0. The third-order valence-corrected chi connectivity index (χ3v) is 5.64. The molecule has 1 atom stereocenters. The van der Waals surface area contributed by atoms with E-state index in [-0.39, 0.29) is 28.9 Å². The first-order valence-electron chi connectivity index (χ1n) is 10.1. The van der Waals surface area contributed by atoms with Crippen LogP contribution in [0.5, 0.6) is 5.75 Å². The van der Waals surface area contributed by atoms with E-state index in [2.05, 4.69) is 0 Å². The number of aromatic nitrogens is 1. The summed E-state index contributed by atoms with van der Waals surface area (Å²) >= 11 is 0. The summed E-state index contributed by atoms with van der Waals surface area (Å²) in [6.07, 6.45) is -0.0616. The van der Waals surface area contributed by atoms with Gasteiger partial charge in [0.2, 0.25) is 0 Å². The zero-order valence-corrected chi connectivity index (χ0v) is 18.5. The molecule has 0 unspecified atom stereocenters. The summed E-state index contributed by atoms with van der Waals surface area (Å²) in [6, 6.07) is 9.35. The predicted octanol–water partition coefficient (Wildman–Crippen LogP) is 2.97. The first kappa shape index (κ1) is 22.1. The van der Waals surface area contributed by atoms with Crippen molar-refractivity contribution in [2.45, 2.75) is 19.3 Å². The number of nitrogens with zero attached hydrogens (tertiary/aromatic N) is 1. The van der Waals surface area contributed by atoms with Gasteiger partial charge in [0, 0.05) is 24.4 Å². The Morgan fingerprint density at radius 3 is 2.24 bits per heavy atom. The van der Waals surface area contributed by atoms with Crippen molar-refractivity contribution < 1.29 is 33.0 Å². The molecule has 1 aliphatic heterocycles. The van der Waals surface area contributed by atoms with Gasteiger partial charge in [-0.05, 0) is 37.3 Å². The normalized spacial score (nSPS) is 14.9. The third kappa shape index (κ3) is 3.93. The molecule has 33 heavy (non-hydrogen) atoms. The van der Waals surface area contributed by atoms with Crippen LogP contribution in [0.15, 0.2) is 45.6 Å². The summed E-state index contributed by atoms with van der Waals surface area (Å²) < 4.78 is 22.3. The highest BCUT2D eigenvalue weighted by Gasteiger charge is 2.34. The molecular weight excluding hydrogens is 430 g/mol. The van der Waals surface area contributed by atoms with Gasteiger partial charge in [0.15, 0.2) is 0 Å². The number of methoxy groups -OCH3 is 2. The minimum Gasteiger partial charge on any atom is -0.465 e. The number of pyridine rings is 1. The van der Waals surface area contributed by atoms with Gasteiger partial charge in [0.05, 0.1) is 43.2 Å². The summed E-state index contributed by atoms with van der Waals surface area (Å²) in [7, 11) is 4.12. The fourth-order valence-corrected chi connectivity index (χ4v) is 3.83. The molecule has 4 rings (SSSR count). The Morgan fingerprint density at radius 2 is 1.64 bits per heavy atom. The second kappa shape index (κ2) is 8.42. The lowest BCUT2D eigenvalue weighted by Crippen LogP contribution is -2.31. The van der Waals surface area contributed by atoms with E-state index in [1.807, 2.05) is 0 Å². The zero-order chi connectivity index (χ0) is 23.9. The number of carbonyl (C=O) groups excluding carboxylic acids is 3. The molecule has 2 aromatic heterocycles. The summed E-state index contributed by atoms with van der Waals surface area (Å²) in [5.41, 5.74) is 1.43. The Balaban J connectivity index is 1.81. The smallest absolute Gasteiger partial charge is 0.337 e. The van der Waals surface area contributed by atoms with Crippen molar-refractivity contribution in [3.63, 3.8) is 0 Å². The fourth-order valence-electron chi connectivity index (χ4n) is 3.83. The molecule has 3 heterocycles. The summed E-state index contributed by atoms with van der Waals surface area (Å²) in [5.74, 6) is -1.43. The lowest BCUT2D eigenvalue weighted by molar-refractivity contribution is -0.135. The van der Waals surface area contributed by atoms with Gasteiger partial charge in [-0.2, -0.15) is 0 Å². The van der Waals surface area contributed by atoms with Crippen molar-refractivity contribution in [3.8, 4) is 17.1 Å². The molecule has 1 aromatic carbocycles. The van der Waals surface area contributed by atoms with Crippen LogP contribution in [0.2, 0.25) is 0 Å². The molecular formula is C24H21NO8. The average Bonchev–Trinajstić information content (AvgIpc) is 3.31. The molecule has 0 aliphatic carbocycles. The number of furan rings is 1. The van der Waals surface area contributed by atoms with Gasteiger partial charge >= 0.3 is 17.9 Å². The van der Waals surface area contributed by atoms with E-state index in [9.17, 15) is 19.2 Å². The Morgan fingerprint density at radius 1 is 1.00 bits per heavy atom. The van der Waals surface area contributed by atoms with E-state index >= 15 is 0 Å². The number of hydrogen-bond acceptors (Lipinski definition) is 8. The Bertz CT molecular complexity index is 1310. The predicted molar refractivity (Wildman–Crippen MR) is 115 cm³/mol. The standard InChI is InChI=1S/C24H21NO8/c1-12-7-19-21(22(27)25(12)2)16(11-20(26)33-19)18-6-5-17(32-18)13-8-14(23(28)30-3)10-15(9-13)24(29)31-4/h5-10,16H,11H2,1-4H3/t16-/m1/s1.